The molecule has 0 aliphatic rings. The van der Waals surface area contributed by atoms with E-state index in [4.69, 9.17) is 16.1 Å². The van der Waals surface area contributed by atoms with Crippen LogP contribution in [0.3, 0.4) is 0 Å². The monoisotopic (exact) mass is 265 g/mol. The maximum absolute atomic E-state index is 5.93. The van der Waals surface area contributed by atoms with Crippen molar-refractivity contribution < 1.29 is 4.52 Å². The third-order valence-corrected chi connectivity index (χ3v) is 2.97. The second-order valence-corrected chi connectivity index (χ2v) is 4.74. The number of halogens is 1. The third-order valence-electron chi connectivity index (χ3n) is 2.74. The lowest BCUT2D eigenvalue weighted by Gasteiger charge is -2.04. The molecule has 2 aromatic rings. The molecule has 0 amide bonds. The van der Waals surface area contributed by atoms with Crippen molar-refractivity contribution in [3.05, 3.63) is 46.6 Å². The lowest BCUT2D eigenvalue weighted by atomic mass is 10.1. The molecule has 1 heterocycles. The van der Waals surface area contributed by atoms with Gasteiger partial charge in [-0.25, -0.2) is 0 Å². The average molecular weight is 266 g/mol. The van der Waals surface area contributed by atoms with Gasteiger partial charge in [-0.1, -0.05) is 28.9 Å². The number of hydrogen-bond donors (Lipinski definition) is 1. The standard InChI is InChI=1S/C13H16ClN3O/c1-9(15-2)6-13-16-12(17-18-13)8-10-4-3-5-11(14)7-10/h3-5,7,9,15H,6,8H2,1-2H3. The molecule has 5 heteroatoms. The van der Waals surface area contributed by atoms with E-state index in [9.17, 15) is 0 Å². The van der Waals surface area contributed by atoms with Crippen molar-refractivity contribution in [3.8, 4) is 0 Å². The fourth-order valence-electron chi connectivity index (χ4n) is 1.64. The van der Waals surface area contributed by atoms with E-state index in [0.29, 0.717) is 24.2 Å². The van der Waals surface area contributed by atoms with Crippen molar-refractivity contribution in [1.82, 2.24) is 15.5 Å². The van der Waals surface area contributed by atoms with Gasteiger partial charge in [0.1, 0.15) is 0 Å². The summed E-state index contributed by atoms with van der Waals surface area (Å²) in [5.74, 6) is 1.35. The van der Waals surface area contributed by atoms with Gasteiger partial charge in [0.2, 0.25) is 5.89 Å². The van der Waals surface area contributed by atoms with E-state index in [1.807, 2.05) is 31.3 Å². The van der Waals surface area contributed by atoms with Gasteiger partial charge in [0, 0.05) is 23.9 Å². The maximum atomic E-state index is 5.93. The maximum Gasteiger partial charge on any atom is 0.228 e. The first kappa shape index (κ1) is 13.1. The topological polar surface area (TPSA) is 51.0 Å². The number of nitrogens with zero attached hydrogens (tertiary/aromatic N) is 2. The molecule has 1 aromatic carbocycles. The number of aromatic nitrogens is 2. The predicted octanol–water partition coefficient (Wildman–Crippen LogP) is 2.46. The van der Waals surface area contributed by atoms with E-state index in [1.165, 1.54) is 0 Å². The van der Waals surface area contributed by atoms with Crippen LogP contribution in [0.15, 0.2) is 28.8 Å². The van der Waals surface area contributed by atoms with Gasteiger partial charge in [-0.15, -0.1) is 0 Å². The first-order valence-electron chi connectivity index (χ1n) is 5.90. The second kappa shape index (κ2) is 5.98. The summed E-state index contributed by atoms with van der Waals surface area (Å²) in [5, 5.41) is 7.83. The van der Waals surface area contributed by atoms with Crippen LogP contribution in [0, 0.1) is 0 Å². The summed E-state index contributed by atoms with van der Waals surface area (Å²) in [5.41, 5.74) is 1.08. The smallest absolute Gasteiger partial charge is 0.228 e. The number of rotatable bonds is 5. The Hall–Kier alpha value is -1.39. The average Bonchev–Trinajstić information content (AvgIpc) is 2.76. The quantitative estimate of drug-likeness (QED) is 0.902. The van der Waals surface area contributed by atoms with Crippen molar-refractivity contribution in [2.24, 2.45) is 0 Å². The predicted molar refractivity (Wildman–Crippen MR) is 70.8 cm³/mol. The van der Waals surface area contributed by atoms with Crippen molar-refractivity contribution in [3.63, 3.8) is 0 Å². The first-order valence-corrected chi connectivity index (χ1v) is 6.28. The normalized spacial score (nSPS) is 12.6. The minimum absolute atomic E-state index is 0.324. The molecular formula is C13H16ClN3O. The van der Waals surface area contributed by atoms with Crippen LogP contribution in [0.5, 0.6) is 0 Å². The van der Waals surface area contributed by atoms with Gasteiger partial charge in [-0.3, -0.25) is 0 Å². The fraction of sp³-hybridized carbons (Fsp3) is 0.385. The molecule has 0 aliphatic carbocycles. The Morgan fingerprint density at radius 3 is 3.00 bits per heavy atom. The number of benzene rings is 1. The Bertz CT molecular complexity index is 512. The second-order valence-electron chi connectivity index (χ2n) is 4.30. The molecule has 4 nitrogen and oxygen atoms in total. The summed E-state index contributed by atoms with van der Waals surface area (Å²) in [6.07, 6.45) is 1.37. The molecule has 0 fully saturated rings. The molecule has 0 saturated heterocycles. The summed E-state index contributed by atoms with van der Waals surface area (Å²) in [7, 11) is 1.91. The van der Waals surface area contributed by atoms with Crippen molar-refractivity contribution in [1.29, 1.82) is 0 Å². The molecule has 1 aromatic heterocycles. The molecule has 1 atom stereocenters. The Balaban J connectivity index is 2.02. The lowest BCUT2D eigenvalue weighted by molar-refractivity contribution is 0.361. The van der Waals surface area contributed by atoms with Crippen LogP contribution >= 0.6 is 11.6 Å². The zero-order valence-electron chi connectivity index (χ0n) is 10.5. The Labute approximate surface area is 111 Å². The van der Waals surface area contributed by atoms with E-state index in [0.717, 1.165) is 17.0 Å². The highest BCUT2D eigenvalue weighted by molar-refractivity contribution is 6.30. The van der Waals surface area contributed by atoms with E-state index >= 15 is 0 Å². The SMILES string of the molecule is CNC(C)Cc1nc(Cc2cccc(Cl)c2)no1. The summed E-state index contributed by atoms with van der Waals surface area (Å²) in [6.45, 7) is 2.07. The summed E-state index contributed by atoms with van der Waals surface area (Å²) < 4.78 is 5.21. The van der Waals surface area contributed by atoms with Gasteiger partial charge in [0.25, 0.3) is 0 Å². The third kappa shape index (κ3) is 3.55. The number of likely N-dealkylation sites (N-methyl/N-ethyl adjacent to an activating group) is 1. The molecule has 0 aliphatic heterocycles. The molecule has 1 N–H and O–H groups in total. The largest absolute Gasteiger partial charge is 0.339 e. The first-order chi connectivity index (χ1) is 8.67. The Morgan fingerprint density at radius 2 is 2.28 bits per heavy atom. The molecule has 96 valence electrons. The highest BCUT2D eigenvalue weighted by Crippen LogP contribution is 2.13. The molecule has 18 heavy (non-hydrogen) atoms. The highest BCUT2D eigenvalue weighted by atomic mass is 35.5. The van der Waals surface area contributed by atoms with Crippen LogP contribution in [-0.4, -0.2) is 23.2 Å². The van der Waals surface area contributed by atoms with Crippen LogP contribution in [-0.2, 0) is 12.8 Å². The Morgan fingerprint density at radius 1 is 1.44 bits per heavy atom. The van der Waals surface area contributed by atoms with Crippen LogP contribution < -0.4 is 5.32 Å². The van der Waals surface area contributed by atoms with E-state index in [1.54, 1.807) is 0 Å². The van der Waals surface area contributed by atoms with Gasteiger partial charge < -0.3 is 9.84 Å². The molecule has 2 rings (SSSR count). The molecule has 0 bridgehead atoms. The lowest BCUT2D eigenvalue weighted by Crippen LogP contribution is -2.23. The van der Waals surface area contributed by atoms with Crippen molar-refractivity contribution in [2.45, 2.75) is 25.8 Å². The summed E-state index contributed by atoms with van der Waals surface area (Å²) in [6, 6.07) is 8.00. The van der Waals surface area contributed by atoms with Gasteiger partial charge in [-0.05, 0) is 31.7 Å². The van der Waals surface area contributed by atoms with E-state index < -0.39 is 0 Å². The molecule has 0 spiro atoms. The summed E-state index contributed by atoms with van der Waals surface area (Å²) >= 11 is 5.93. The minimum Gasteiger partial charge on any atom is -0.339 e. The van der Waals surface area contributed by atoms with Gasteiger partial charge >= 0.3 is 0 Å². The zero-order valence-corrected chi connectivity index (χ0v) is 11.2. The highest BCUT2D eigenvalue weighted by Gasteiger charge is 2.10. The zero-order chi connectivity index (χ0) is 13.0. The van der Waals surface area contributed by atoms with Gasteiger partial charge in [-0.2, -0.15) is 4.98 Å². The van der Waals surface area contributed by atoms with Gasteiger partial charge in [0.15, 0.2) is 5.82 Å². The molecule has 1 unspecified atom stereocenters. The van der Waals surface area contributed by atoms with E-state index in [-0.39, 0.29) is 0 Å². The summed E-state index contributed by atoms with van der Waals surface area (Å²) in [4.78, 5) is 4.36. The van der Waals surface area contributed by atoms with E-state index in [2.05, 4.69) is 22.4 Å². The molecule has 0 radical (unpaired) electrons. The Kier molecular flexibility index (Phi) is 4.33. The van der Waals surface area contributed by atoms with Gasteiger partial charge in [0.05, 0.1) is 0 Å². The number of hydrogen-bond acceptors (Lipinski definition) is 4. The minimum atomic E-state index is 0.324. The van der Waals surface area contributed by atoms with Crippen LogP contribution in [0.25, 0.3) is 0 Å². The van der Waals surface area contributed by atoms with Crippen molar-refractivity contribution in [2.75, 3.05) is 7.05 Å². The number of nitrogens with one attached hydrogen (secondary N) is 1. The van der Waals surface area contributed by atoms with Crippen LogP contribution in [0.2, 0.25) is 5.02 Å². The van der Waals surface area contributed by atoms with Crippen molar-refractivity contribution >= 4 is 11.6 Å². The van der Waals surface area contributed by atoms with Crippen LogP contribution in [0.4, 0.5) is 0 Å². The van der Waals surface area contributed by atoms with Crippen LogP contribution in [0.1, 0.15) is 24.2 Å². The fourth-order valence-corrected chi connectivity index (χ4v) is 1.85. The molecule has 0 saturated carbocycles. The molecular weight excluding hydrogens is 250 g/mol.